The van der Waals surface area contributed by atoms with E-state index < -0.39 is 0 Å². The van der Waals surface area contributed by atoms with Crippen molar-refractivity contribution >= 4 is 39.2 Å². The maximum Gasteiger partial charge on any atom is 0.178 e. The molecule has 2 aromatic rings. The van der Waals surface area contributed by atoms with Gasteiger partial charge < -0.3 is 14.3 Å². The molecule has 90 valence electrons. The van der Waals surface area contributed by atoms with Crippen LogP contribution in [-0.2, 0) is 4.74 Å². The number of aromatic amines is 1. The van der Waals surface area contributed by atoms with Crippen molar-refractivity contribution in [2.45, 2.75) is 18.9 Å². The predicted octanol–water partition coefficient (Wildman–Crippen LogP) is 3.81. The number of halogens is 1. The summed E-state index contributed by atoms with van der Waals surface area (Å²) in [6, 6.07) is 6.54. The van der Waals surface area contributed by atoms with Crippen LogP contribution in [-0.4, -0.2) is 22.8 Å². The molecule has 0 spiro atoms. The minimum atomic E-state index is 0.360. The van der Waals surface area contributed by atoms with Crippen LogP contribution in [0, 0.1) is 4.77 Å². The van der Waals surface area contributed by atoms with Crippen molar-refractivity contribution in [1.29, 1.82) is 0 Å². The Bertz CT molecular complexity index is 598. The molecule has 0 amide bonds. The highest BCUT2D eigenvalue weighted by molar-refractivity contribution is 9.10. The molecule has 0 bridgehead atoms. The van der Waals surface area contributed by atoms with E-state index >= 15 is 0 Å². The highest BCUT2D eigenvalue weighted by atomic mass is 79.9. The fraction of sp³-hybridized carbons (Fsp3) is 0.417. The third kappa shape index (κ3) is 2.07. The molecule has 1 saturated heterocycles. The first-order chi connectivity index (χ1) is 8.25. The topological polar surface area (TPSA) is 29.9 Å². The molecule has 1 aliphatic rings. The van der Waals surface area contributed by atoms with E-state index in [1.807, 2.05) is 6.07 Å². The zero-order chi connectivity index (χ0) is 11.8. The highest BCUT2D eigenvalue weighted by Crippen LogP contribution is 2.27. The molecule has 1 aliphatic heterocycles. The van der Waals surface area contributed by atoms with Crippen LogP contribution in [0.4, 0.5) is 0 Å². The number of aromatic nitrogens is 2. The van der Waals surface area contributed by atoms with Crippen LogP contribution < -0.4 is 0 Å². The van der Waals surface area contributed by atoms with Gasteiger partial charge in [0.05, 0.1) is 23.7 Å². The quantitative estimate of drug-likeness (QED) is 0.811. The SMILES string of the molecule is S=c1[nH]c2ccc(Br)cc2n1C1CCCOC1. The summed E-state index contributed by atoms with van der Waals surface area (Å²) in [7, 11) is 0. The van der Waals surface area contributed by atoms with Gasteiger partial charge in [-0.3, -0.25) is 0 Å². The maximum atomic E-state index is 5.55. The van der Waals surface area contributed by atoms with Crippen LogP contribution in [0.2, 0.25) is 0 Å². The molecule has 17 heavy (non-hydrogen) atoms. The van der Waals surface area contributed by atoms with Gasteiger partial charge in [-0.2, -0.15) is 0 Å². The van der Waals surface area contributed by atoms with Gasteiger partial charge in [-0.25, -0.2) is 0 Å². The lowest BCUT2D eigenvalue weighted by atomic mass is 10.1. The number of H-pyrrole nitrogens is 1. The third-order valence-electron chi connectivity index (χ3n) is 3.18. The summed E-state index contributed by atoms with van der Waals surface area (Å²) in [5.41, 5.74) is 2.24. The summed E-state index contributed by atoms with van der Waals surface area (Å²) < 4.78 is 9.60. The molecule has 1 aromatic carbocycles. The Labute approximate surface area is 113 Å². The highest BCUT2D eigenvalue weighted by Gasteiger charge is 2.18. The molecule has 0 aliphatic carbocycles. The van der Waals surface area contributed by atoms with Gasteiger partial charge in [0.1, 0.15) is 0 Å². The number of hydrogen-bond acceptors (Lipinski definition) is 2. The van der Waals surface area contributed by atoms with Gasteiger partial charge >= 0.3 is 0 Å². The van der Waals surface area contributed by atoms with Crippen molar-refractivity contribution < 1.29 is 4.74 Å². The van der Waals surface area contributed by atoms with E-state index in [1.54, 1.807) is 0 Å². The van der Waals surface area contributed by atoms with Crippen molar-refractivity contribution in [2.24, 2.45) is 0 Å². The summed E-state index contributed by atoms with van der Waals surface area (Å²) >= 11 is 8.92. The van der Waals surface area contributed by atoms with Crippen molar-refractivity contribution in [3.63, 3.8) is 0 Å². The number of nitrogens with zero attached hydrogens (tertiary/aromatic N) is 1. The van der Waals surface area contributed by atoms with E-state index in [2.05, 4.69) is 37.6 Å². The van der Waals surface area contributed by atoms with Gasteiger partial charge in [-0.1, -0.05) is 15.9 Å². The number of hydrogen-bond donors (Lipinski definition) is 1. The van der Waals surface area contributed by atoms with Gasteiger partial charge in [-0.05, 0) is 43.3 Å². The first-order valence-corrected chi connectivity index (χ1v) is 6.93. The number of rotatable bonds is 1. The van der Waals surface area contributed by atoms with Crippen LogP contribution in [0.1, 0.15) is 18.9 Å². The molecule has 2 heterocycles. The fourth-order valence-corrected chi connectivity index (χ4v) is 3.09. The van der Waals surface area contributed by atoms with Gasteiger partial charge in [-0.15, -0.1) is 0 Å². The standard InChI is InChI=1S/C12H13BrN2OS/c13-8-3-4-10-11(6-8)15(12(17)14-10)9-2-1-5-16-7-9/h3-4,6,9H,1-2,5,7H2,(H,14,17). The summed E-state index contributed by atoms with van der Waals surface area (Å²) in [6.45, 7) is 1.63. The van der Waals surface area contributed by atoms with Crippen LogP contribution in [0.25, 0.3) is 11.0 Å². The molecule has 1 aromatic heterocycles. The lowest BCUT2D eigenvalue weighted by Crippen LogP contribution is -2.21. The Balaban J connectivity index is 2.16. The molecular formula is C12H13BrN2OS. The Kier molecular flexibility index (Phi) is 3.06. The van der Waals surface area contributed by atoms with Crippen LogP contribution in [0.15, 0.2) is 22.7 Å². The molecule has 1 atom stereocenters. The molecule has 1 fully saturated rings. The Morgan fingerprint density at radius 2 is 2.35 bits per heavy atom. The fourth-order valence-electron chi connectivity index (χ4n) is 2.38. The van der Waals surface area contributed by atoms with Crippen molar-refractivity contribution in [1.82, 2.24) is 9.55 Å². The zero-order valence-electron chi connectivity index (χ0n) is 9.28. The third-order valence-corrected chi connectivity index (χ3v) is 3.97. The van der Waals surface area contributed by atoms with E-state index in [1.165, 1.54) is 0 Å². The molecule has 1 unspecified atom stereocenters. The average molecular weight is 313 g/mol. The van der Waals surface area contributed by atoms with E-state index in [0.29, 0.717) is 6.04 Å². The smallest absolute Gasteiger partial charge is 0.178 e. The van der Waals surface area contributed by atoms with Crippen molar-refractivity contribution in [3.05, 3.63) is 27.4 Å². The van der Waals surface area contributed by atoms with Crippen LogP contribution >= 0.6 is 28.1 Å². The summed E-state index contributed by atoms with van der Waals surface area (Å²) in [5, 5.41) is 0. The molecule has 3 nitrogen and oxygen atoms in total. The number of fused-ring (bicyclic) bond motifs is 1. The summed E-state index contributed by atoms with van der Waals surface area (Å²) in [5.74, 6) is 0. The molecule has 5 heteroatoms. The molecule has 0 radical (unpaired) electrons. The second-order valence-electron chi connectivity index (χ2n) is 4.33. The van der Waals surface area contributed by atoms with Crippen LogP contribution in [0.5, 0.6) is 0 Å². The van der Waals surface area contributed by atoms with Crippen molar-refractivity contribution in [3.8, 4) is 0 Å². The lowest BCUT2D eigenvalue weighted by molar-refractivity contribution is 0.0600. The predicted molar refractivity (Wildman–Crippen MR) is 73.9 cm³/mol. The number of ether oxygens (including phenoxy) is 1. The van der Waals surface area contributed by atoms with E-state index in [9.17, 15) is 0 Å². The van der Waals surface area contributed by atoms with E-state index in [0.717, 1.165) is 46.3 Å². The Morgan fingerprint density at radius 1 is 1.47 bits per heavy atom. The normalized spacial score (nSPS) is 20.9. The summed E-state index contributed by atoms with van der Waals surface area (Å²) in [4.78, 5) is 3.25. The molecule has 3 rings (SSSR count). The minimum Gasteiger partial charge on any atom is -0.379 e. The second-order valence-corrected chi connectivity index (χ2v) is 5.63. The Hall–Kier alpha value is -0.650. The Morgan fingerprint density at radius 3 is 3.12 bits per heavy atom. The van der Waals surface area contributed by atoms with Crippen molar-refractivity contribution in [2.75, 3.05) is 13.2 Å². The number of benzene rings is 1. The van der Waals surface area contributed by atoms with Gasteiger partial charge in [0.25, 0.3) is 0 Å². The number of imidazole rings is 1. The first kappa shape index (κ1) is 11.4. The molecular weight excluding hydrogens is 300 g/mol. The minimum absolute atomic E-state index is 0.360. The summed E-state index contributed by atoms with van der Waals surface area (Å²) in [6.07, 6.45) is 2.24. The lowest BCUT2D eigenvalue weighted by Gasteiger charge is -2.24. The van der Waals surface area contributed by atoms with E-state index in [4.69, 9.17) is 17.0 Å². The van der Waals surface area contributed by atoms with E-state index in [-0.39, 0.29) is 0 Å². The molecule has 0 saturated carbocycles. The van der Waals surface area contributed by atoms with Gasteiger partial charge in [0, 0.05) is 11.1 Å². The largest absolute Gasteiger partial charge is 0.379 e. The average Bonchev–Trinajstić information content (AvgIpc) is 2.65. The van der Waals surface area contributed by atoms with Gasteiger partial charge in [0.15, 0.2) is 4.77 Å². The van der Waals surface area contributed by atoms with Gasteiger partial charge in [0.2, 0.25) is 0 Å². The van der Waals surface area contributed by atoms with Crippen LogP contribution in [0.3, 0.4) is 0 Å². The maximum absolute atomic E-state index is 5.55. The molecule has 1 N–H and O–H groups in total. The zero-order valence-corrected chi connectivity index (χ0v) is 11.7. The first-order valence-electron chi connectivity index (χ1n) is 5.73. The monoisotopic (exact) mass is 312 g/mol. The second kappa shape index (κ2) is 4.55. The number of nitrogens with one attached hydrogen (secondary N) is 1.